The molecule has 1 aliphatic rings. The van der Waals surface area contributed by atoms with E-state index >= 15 is 0 Å². The number of aliphatic hydroxyl groups excluding tert-OH is 2. The molecule has 0 radical (unpaired) electrons. The number of aliphatic hydroxyl groups is 2. The second-order valence-electron chi connectivity index (χ2n) is 7.41. The van der Waals surface area contributed by atoms with Crippen LogP contribution in [0.4, 0.5) is 0 Å². The largest absolute Gasteiger partial charge is 0.394 e. The molecule has 3 aromatic rings. The average molecular weight is 411 g/mol. The summed E-state index contributed by atoms with van der Waals surface area (Å²) in [6.07, 6.45) is 5.73. The number of rotatable bonds is 5. The van der Waals surface area contributed by atoms with Crippen LogP contribution in [0.2, 0.25) is 5.02 Å². The Labute approximate surface area is 175 Å². The maximum absolute atomic E-state index is 10.1. The fourth-order valence-electron chi connectivity index (χ4n) is 3.74. The lowest BCUT2D eigenvalue weighted by Crippen LogP contribution is -2.33. The third kappa shape index (κ3) is 4.82. The normalized spacial score (nSPS) is 21.8. The molecule has 2 aromatic carbocycles. The average Bonchev–Trinajstić information content (AvgIpc) is 2.76. The highest BCUT2D eigenvalue weighted by molar-refractivity contribution is 6.31. The molecular weight excluding hydrogens is 388 g/mol. The lowest BCUT2D eigenvalue weighted by atomic mass is 9.94. The van der Waals surface area contributed by atoms with Gasteiger partial charge in [-0.25, -0.2) is 9.97 Å². The van der Waals surface area contributed by atoms with Gasteiger partial charge in [0.1, 0.15) is 6.33 Å². The van der Waals surface area contributed by atoms with Gasteiger partial charge < -0.3 is 14.9 Å². The summed E-state index contributed by atoms with van der Waals surface area (Å²) in [6, 6.07) is 14.1. The van der Waals surface area contributed by atoms with E-state index in [1.807, 2.05) is 18.2 Å². The van der Waals surface area contributed by atoms with Gasteiger partial charge in [0.15, 0.2) is 0 Å². The van der Waals surface area contributed by atoms with E-state index in [-0.39, 0.29) is 18.8 Å². The molecule has 6 heteroatoms. The van der Waals surface area contributed by atoms with Crippen LogP contribution < -0.4 is 0 Å². The van der Waals surface area contributed by atoms with Crippen molar-refractivity contribution in [3.05, 3.63) is 82.9 Å². The summed E-state index contributed by atoms with van der Waals surface area (Å²) in [7, 11) is 0. The van der Waals surface area contributed by atoms with Gasteiger partial charge in [0, 0.05) is 35.8 Å². The van der Waals surface area contributed by atoms with Gasteiger partial charge in [0.25, 0.3) is 0 Å². The molecule has 0 amide bonds. The minimum absolute atomic E-state index is 0.0905. The minimum Gasteiger partial charge on any atom is -0.394 e. The lowest BCUT2D eigenvalue weighted by molar-refractivity contribution is -0.113. The van der Waals surface area contributed by atoms with Gasteiger partial charge in [0.2, 0.25) is 0 Å². The van der Waals surface area contributed by atoms with E-state index in [1.54, 1.807) is 12.4 Å². The van der Waals surface area contributed by atoms with E-state index in [1.165, 1.54) is 6.33 Å². The maximum Gasteiger partial charge on any atom is 0.115 e. The smallest absolute Gasteiger partial charge is 0.115 e. The molecule has 2 N–H and O–H groups in total. The van der Waals surface area contributed by atoms with Gasteiger partial charge in [-0.2, -0.15) is 0 Å². The zero-order chi connectivity index (χ0) is 20.2. The van der Waals surface area contributed by atoms with Crippen LogP contribution in [0.25, 0.3) is 11.1 Å². The Morgan fingerprint density at radius 2 is 1.76 bits per heavy atom. The van der Waals surface area contributed by atoms with Crippen molar-refractivity contribution in [3.63, 3.8) is 0 Å². The SMILES string of the molecule is OCC1C[C@H](O)C[C@H](c2ccc(Cl)c(Cc3ccc(-c4cncnc4)cc3)c2)O1. The van der Waals surface area contributed by atoms with E-state index < -0.39 is 6.10 Å². The molecule has 1 fully saturated rings. The number of hydrogen-bond donors (Lipinski definition) is 2. The molecule has 5 nitrogen and oxygen atoms in total. The molecule has 0 aliphatic carbocycles. The Bertz CT molecular complexity index is 950. The van der Waals surface area contributed by atoms with Crippen molar-refractivity contribution in [3.8, 4) is 11.1 Å². The molecule has 29 heavy (non-hydrogen) atoms. The van der Waals surface area contributed by atoms with Crippen LogP contribution in [-0.4, -0.2) is 39.0 Å². The third-order valence-corrected chi connectivity index (χ3v) is 5.63. The lowest BCUT2D eigenvalue weighted by Gasteiger charge is -2.32. The molecule has 1 saturated heterocycles. The molecule has 0 saturated carbocycles. The van der Waals surface area contributed by atoms with Gasteiger partial charge >= 0.3 is 0 Å². The number of halogens is 1. The summed E-state index contributed by atoms with van der Waals surface area (Å²) < 4.78 is 5.94. The van der Waals surface area contributed by atoms with Crippen LogP contribution in [0.3, 0.4) is 0 Å². The predicted molar refractivity (Wildman–Crippen MR) is 112 cm³/mol. The Hall–Kier alpha value is -2.31. The Morgan fingerprint density at radius 1 is 1.00 bits per heavy atom. The fourth-order valence-corrected chi connectivity index (χ4v) is 3.92. The number of aromatic nitrogens is 2. The van der Waals surface area contributed by atoms with Crippen LogP contribution in [0.5, 0.6) is 0 Å². The molecular formula is C23H23ClN2O3. The number of benzene rings is 2. The first-order valence-electron chi connectivity index (χ1n) is 9.69. The summed E-state index contributed by atoms with van der Waals surface area (Å²) in [5, 5.41) is 20.2. The van der Waals surface area contributed by atoms with Gasteiger partial charge in [0.05, 0.1) is 24.9 Å². The zero-order valence-electron chi connectivity index (χ0n) is 15.9. The first-order valence-corrected chi connectivity index (χ1v) is 10.1. The van der Waals surface area contributed by atoms with Crippen LogP contribution >= 0.6 is 11.6 Å². The standard InChI is InChI=1S/C23H23ClN2O3/c24-22-6-5-17(23-10-20(28)9-21(13-27)29-23)8-18(22)7-15-1-3-16(4-2-15)19-11-25-14-26-12-19/h1-6,8,11-12,14,20-21,23,27-28H,7,9-10,13H2/t20-,21?,23+/m0/s1. The second-order valence-corrected chi connectivity index (χ2v) is 7.81. The fraction of sp³-hybridized carbons (Fsp3) is 0.304. The van der Waals surface area contributed by atoms with Crippen molar-refractivity contribution in [1.29, 1.82) is 0 Å². The minimum atomic E-state index is -0.473. The van der Waals surface area contributed by atoms with E-state index in [0.29, 0.717) is 24.3 Å². The molecule has 3 atom stereocenters. The van der Waals surface area contributed by atoms with Crippen molar-refractivity contribution in [2.45, 2.75) is 37.6 Å². The monoisotopic (exact) mass is 410 g/mol. The first kappa shape index (κ1) is 20.0. The highest BCUT2D eigenvalue weighted by Gasteiger charge is 2.29. The summed E-state index contributed by atoms with van der Waals surface area (Å²) >= 11 is 6.45. The summed E-state index contributed by atoms with van der Waals surface area (Å²) in [6.45, 7) is -0.0905. The molecule has 2 heterocycles. The zero-order valence-corrected chi connectivity index (χ0v) is 16.7. The van der Waals surface area contributed by atoms with E-state index in [0.717, 1.165) is 27.8 Å². The third-order valence-electron chi connectivity index (χ3n) is 5.27. The quantitative estimate of drug-likeness (QED) is 0.665. The highest BCUT2D eigenvalue weighted by Crippen LogP contribution is 2.33. The van der Waals surface area contributed by atoms with E-state index in [9.17, 15) is 10.2 Å². The van der Waals surface area contributed by atoms with Crippen molar-refractivity contribution in [2.75, 3.05) is 6.61 Å². The molecule has 1 aromatic heterocycles. The summed E-state index contributed by atoms with van der Waals surface area (Å²) in [4.78, 5) is 8.12. The van der Waals surface area contributed by atoms with Gasteiger partial charge in [-0.1, -0.05) is 48.0 Å². The molecule has 1 aliphatic heterocycles. The van der Waals surface area contributed by atoms with Crippen LogP contribution in [0.15, 0.2) is 61.2 Å². The molecule has 0 bridgehead atoms. The van der Waals surface area contributed by atoms with E-state index in [2.05, 4.69) is 34.2 Å². The summed E-state index contributed by atoms with van der Waals surface area (Å²) in [5.74, 6) is 0. The summed E-state index contributed by atoms with van der Waals surface area (Å²) in [5.41, 5.74) is 5.16. The van der Waals surface area contributed by atoms with Crippen molar-refractivity contribution < 1.29 is 14.9 Å². The van der Waals surface area contributed by atoms with Gasteiger partial charge in [-0.3, -0.25) is 0 Å². The highest BCUT2D eigenvalue weighted by atomic mass is 35.5. The predicted octanol–water partition coefficient (Wildman–Crippen LogP) is 3.96. The Kier molecular flexibility index (Phi) is 6.21. The van der Waals surface area contributed by atoms with Crippen LogP contribution in [-0.2, 0) is 11.2 Å². The molecule has 1 unspecified atom stereocenters. The first-order chi connectivity index (χ1) is 14.1. The Balaban J connectivity index is 1.52. The van der Waals surface area contributed by atoms with Crippen molar-refractivity contribution in [1.82, 2.24) is 9.97 Å². The van der Waals surface area contributed by atoms with Crippen LogP contribution in [0.1, 0.15) is 35.6 Å². The maximum atomic E-state index is 10.1. The number of ether oxygens (including phenoxy) is 1. The molecule has 0 spiro atoms. The molecule has 4 rings (SSSR count). The molecule has 150 valence electrons. The number of nitrogens with zero attached hydrogens (tertiary/aromatic N) is 2. The second kappa shape index (κ2) is 9.01. The van der Waals surface area contributed by atoms with Crippen LogP contribution in [0, 0.1) is 0 Å². The Morgan fingerprint density at radius 3 is 2.48 bits per heavy atom. The van der Waals surface area contributed by atoms with E-state index in [4.69, 9.17) is 16.3 Å². The topological polar surface area (TPSA) is 75.5 Å². The van der Waals surface area contributed by atoms with Crippen molar-refractivity contribution >= 4 is 11.6 Å². The number of hydrogen-bond acceptors (Lipinski definition) is 5. The van der Waals surface area contributed by atoms with Gasteiger partial charge in [-0.15, -0.1) is 0 Å². The van der Waals surface area contributed by atoms with Crippen molar-refractivity contribution in [2.24, 2.45) is 0 Å². The van der Waals surface area contributed by atoms with Gasteiger partial charge in [-0.05, 0) is 34.7 Å².